The molecule has 2 aliphatic heterocycles. The van der Waals surface area contributed by atoms with Crippen LogP contribution in [-0.2, 0) is 9.59 Å². The van der Waals surface area contributed by atoms with Gasteiger partial charge in [0.25, 0.3) is 11.8 Å². The molecule has 0 unspecified atom stereocenters. The quantitative estimate of drug-likeness (QED) is 0.415. The predicted octanol–water partition coefficient (Wildman–Crippen LogP) is 4.19. The minimum Gasteiger partial charge on any atom is -0.371 e. The number of carbonyl (C=O) groups excluding carboxylic acids is 2. The molecule has 2 aliphatic rings. The van der Waals surface area contributed by atoms with Crippen molar-refractivity contribution in [3.8, 4) is 0 Å². The van der Waals surface area contributed by atoms with Gasteiger partial charge in [0.15, 0.2) is 5.11 Å². The Kier molecular flexibility index (Phi) is 5.52. The Bertz CT molecular complexity index is 1030. The summed E-state index contributed by atoms with van der Waals surface area (Å²) in [6.45, 7) is 4.20. The normalized spacial score (nSPS) is 18.6. The topological polar surface area (TPSA) is 52.7 Å². The summed E-state index contributed by atoms with van der Waals surface area (Å²) in [6.07, 6.45) is 4.06. The van der Waals surface area contributed by atoms with Crippen molar-refractivity contribution >= 4 is 62.5 Å². The van der Waals surface area contributed by atoms with E-state index in [-0.39, 0.29) is 10.7 Å². The molecule has 7 heteroatoms. The first-order chi connectivity index (χ1) is 13.9. The fourth-order valence-electron chi connectivity index (χ4n) is 3.73. The molecule has 0 radical (unpaired) electrons. The van der Waals surface area contributed by atoms with Crippen LogP contribution < -0.4 is 15.1 Å². The molecule has 0 aromatic heterocycles. The Morgan fingerprint density at radius 1 is 1.07 bits per heavy atom. The monoisotopic (exact) mass is 469 g/mol. The fraction of sp³-hybridized carbons (Fsp3) is 0.227. The molecule has 2 amide bonds. The third-order valence-electron chi connectivity index (χ3n) is 5.17. The Labute approximate surface area is 183 Å². The Balaban J connectivity index is 1.65. The number of carbonyl (C=O) groups is 2. The second-order valence-corrected chi connectivity index (χ2v) is 8.48. The van der Waals surface area contributed by atoms with Crippen molar-refractivity contribution in [2.75, 3.05) is 22.9 Å². The summed E-state index contributed by atoms with van der Waals surface area (Å²) in [4.78, 5) is 29.3. The Morgan fingerprint density at radius 2 is 1.76 bits per heavy atom. The van der Waals surface area contributed by atoms with E-state index < -0.39 is 11.8 Å². The van der Waals surface area contributed by atoms with E-state index in [0.29, 0.717) is 5.69 Å². The number of nitrogens with one attached hydrogen (secondary N) is 1. The average Bonchev–Trinajstić information content (AvgIpc) is 3.21. The summed E-state index contributed by atoms with van der Waals surface area (Å²) < 4.78 is 0.894. The number of benzene rings is 2. The van der Waals surface area contributed by atoms with Crippen molar-refractivity contribution in [1.29, 1.82) is 0 Å². The van der Waals surface area contributed by atoms with Crippen LogP contribution in [0.1, 0.15) is 24.0 Å². The maximum Gasteiger partial charge on any atom is 0.270 e. The zero-order chi connectivity index (χ0) is 20.5. The first kappa shape index (κ1) is 19.8. The SMILES string of the molecule is Cc1cc(/C=C2/C(=O)NC(=S)N(c3ccc(Br)cc3)C2=O)ccc1N1CCCC1. The molecule has 0 aliphatic carbocycles. The zero-order valence-electron chi connectivity index (χ0n) is 15.9. The minimum atomic E-state index is -0.477. The zero-order valence-corrected chi connectivity index (χ0v) is 18.3. The summed E-state index contributed by atoms with van der Waals surface area (Å²) in [5.41, 5.74) is 3.82. The molecule has 2 aromatic carbocycles. The third kappa shape index (κ3) is 3.97. The van der Waals surface area contributed by atoms with Gasteiger partial charge in [0, 0.05) is 23.2 Å². The summed E-state index contributed by atoms with van der Waals surface area (Å²) in [7, 11) is 0. The van der Waals surface area contributed by atoms with Gasteiger partial charge in [-0.05, 0) is 85.6 Å². The van der Waals surface area contributed by atoms with Crippen molar-refractivity contribution < 1.29 is 9.59 Å². The maximum atomic E-state index is 13.1. The number of aryl methyl sites for hydroxylation is 1. The summed E-state index contributed by atoms with van der Waals surface area (Å²) in [6, 6.07) is 13.2. The van der Waals surface area contributed by atoms with Crippen LogP contribution >= 0.6 is 28.1 Å². The number of halogens is 1. The van der Waals surface area contributed by atoms with Gasteiger partial charge in [-0.1, -0.05) is 22.0 Å². The Morgan fingerprint density at radius 3 is 2.41 bits per heavy atom. The highest BCUT2D eigenvalue weighted by molar-refractivity contribution is 9.10. The molecule has 2 aromatic rings. The molecule has 2 fully saturated rings. The first-order valence-corrected chi connectivity index (χ1v) is 10.7. The second-order valence-electron chi connectivity index (χ2n) is 7.17. The van der Waals surface area contributed by atoms with Gasteiger partial charge in [-0.15, -0.1) is 0 Å². The molecule has 29 heavy (non-hydrogen) atoms. The molecular formula is C22H20BrN3O2S. The minimum absolute atomic E-state index is 0.0647. The highest BCUT2D eigenvalue weighted by atomic mass is 79.9. The number of rotatable bonds is 3. The van der Waals surface area contributed by atoms with Crippen LogP contribution in [0.15, 0.2) is 52.5 Å². The number of nitrogens with zero attached hydrogens (tertiary/aromatic N) is 2. The lowest BCUT2D eigenvalue weighted by atomic mass is 10.0. The molecular weight excluding hydrogens is 450 g/mol. The lowest BCUT2D eigenvalue weighted by Gasteiger charge is -2.29. The first-order valence-electron chi connectivity index (χ1n) is 9.46. The lowest BCUT2D eigenvalue weighted by molar-refractivity contribution is -0.122. The Hall–Kier alpha value is -2.51. The van der Waals surface area contributed by atoms with Crippen molar-refractivity contribution in [3.05, 3.63) is 63.6 Å². The molecule has 2 heterocycles. The highest BCUT2D eigenvalue weighted by Gasteiger charge is 2.34. The van der Waals surface area contributed by atoms with Gasteiger partial charge in [0.05, 0.1) is 5.69 Å². The lowest BCUT2D eigenvalue weighted by Crippen LogP contribution is -2.54. The highest BCUT2D eigenvalue weighted by Crippen LogP contribution is 2.27. The third-order valence-corrected chi connectivity index (χ3v) is 5.98. The number of anilines is 2. The van der Waals surface area contributed by atoms with Crippen molar-refractivity contribution in [2.24, 2.45) is 0 Å². The van der Waals surface area contributed by atoms with Gasteiger partial charge < -0.3 is 4.90 Å². The smallest absolute Gasteiger partial charge is 0.270 e. The van der Waals surface area contributed by atoms with Gasteiger partial charge in [0.1, 0.15) is 5.57 Å². The number of thiocarbonyl (C=S) groups is 1. The van der Waals surface area contributed by atoms with E-state index in [1.807, 2.05) is 24.3 Å². The maximum absolute atomic E-state index is 13.1. The van der Waals surface area contributed by atoms with Crippen molar-refractivity contribution in [2.45, 2.75) is 19.8 Å². The largest absolute Gasteiger partial charge is 0.371 e. The summed E-state index contributed by atoms with van der Waals surface area (Å²) >= 11 is 8.62. The van der Waals surface area contributed by atoms with E-state index in [0.717, 1.165) is 28.7 Å². The average molecular weight is 470 g/mol. The van der Waals surface area contributed by atoms with Gasteiger partial charge in [-0.3, -0.25) is 19.8 Å². The van der Waals surface area contributed by atoms with Crippen LogP contribution in [0.4, 0.5) is 11.4 Å². The molecule has 2 saturated heterocycles. The fourth-order valence-corrected chi connectivity index (χ4v) is 4.28. The number of hydrogen-bond acceptors (Lipinski definition) is 4. The van der Waals surface area contributed by atoms with E-state index in [2.05, 4.69) is 39.1 Å². The second kappa shape index (κ2) is 8.08. The van der Waals surface area contributed by atoms with E-state index in [1.165, 1.54) is 23.4 Å². The van der Waals surface area contributed by atoms with Gasteiger partial charge in [-0.25, -0.2) is 0 Å². The van der Waals surface area contributed by atoms with E-state index in [4.69, 9.17) is 12.2 Å². The summed E-state index contributed by atoms with van der Waals surface area (Å²) in [5, 5.41) is 2.71. The van der Waals surface area contributed by atoms with Crippen LogP contribution in [0.5, 0.6) is 0 Å². The number of amides is 2. The summed E-state index contributed by atoms with van der Waals surface area (Å²) in [5.74, 6) is -0.906. The van der Waals surface area contributed by atoms with Crippen LogP contribution in [0, 0.1) is 6.92 Å². The van der Waals surface area contributed by atoms with Gasteiger partial charge in [0.2, 0.25) is 0 Å². The molecule has 0 spiro atoms. The van der Waals surface area contributed by atoms with Gasteiger partial charge in [-0.2, -0.15) is 0 Å². The molecule has 148 valence electrons. The van der Waals surface area contributed by atoms with Crippen molar-refractivity contribution in [1.82, 2.24) is 5.32 Å². The molecule has 1 N–H and O–H groups in total. The van der Waals surface area contributed by atoms with Crippen molar-refractivity contribution in [3.63, 3.8) is 0 Å². The van der Waals surface area contributed by atoms with Crippen LogP contribution in [-0.4, -0.2) is 30.0 Å². The van der Waals surface area contributed by atoms with E-state index in [9.17, 15) is 9.59 Å². The molecule has 0 saturated carbocycles. The predicted molar refractivity (Wildman–Crippen MR) is 123 cm³/mol. The van der Waals surface area contributed by atoms with Crippen LogP contribution in [0.25, 0.3) is 6.08 Å². The number of hydrogen-bond donors (Lipinski definition) is 1. The van der Waals surface area contributed by atoms with Crippen LogP contribution in [0.2, 0.25) is 0 Å². The van der Waals surface area contributed by atoms with E-state index in [1.54, 1.807) is 18.2 Å². The van der Waals surface area contributed by atoms with Gasteiger partial charge >= 0.3 is 0 Å². The standard InChI is InChI=1S/C22H20BrN3O2S/c1-14-12-15(4-9-19(14)25-10-2-3-11-25)13-18-20(27)24-22(29)26(21(18)28)17-7-5-16(23)6-8-17/h4-9,12-13H,2-3,10-11H2,1H3,(H,24,27,29)/b18-13-. The van der Waals surface area contributed by atoms with E-state index >= 15 is 0 Å². The molecule has 5 nitrogen and oxygen atoms in total. The van der Waals surface area contributed by atoms with Crippen LogP contribution in [0.3, 0.4) is 0 Å². The molecule has 0 atom stereocenters. The molecule has 4 rings (SSSR count). The molecule has 0 bridgehead atoms.